The van der Waals surface area contributed by atoms with Crippen molar-refractivity contribution in [3.05, 3.63) is 48.6 Å². The van der Waals surface area contributed by atoms with Gasteiger partial charge in [0, 0.05) is 12.8 Å². The maximum atomic E-state index is 12.2. The minimum Gasteiger partial charge on any atom is -0.462 e. The summed E-state index contributed by atoms with van der Waals surface area (Å²) >= 11 is 0. The molecule has 0 aliphatic carbocycles. The molecule has 0 bridgehead atoms. The van der Waals surface area contributed by atoms with Crippen molar-refractivity contribution in [3.63, 3.8) is 0 Å². The van der Waals surface area contributed by atoms with Crippen LogP contribution in [0, 0.1) is 0 Å². The highest BCUT2D eigenvalue weighted by atomic mass is 31.2. The van der Waals surface area contributed by atoms with Crippen LogP contribution < -0.4 is 0 Å². The van der Waals surface area contributed by atoms with Crippen molar-refractivity contribution in [2.24, 2.45) is 0 Å². The standard InChI is InChI=1S/C33H57O8P/c1-3-5-7-9-11-13-14-15-16-17-18-20-21-23-25-27-32(34)39-29-31(30-40-42(36,37)38)41-33(35)28-26-24-22-19-12-10-8-6-4-2/h5,7,11,13,15-16,18,20,31H,3-4,6,8-10,12,14,17,19,21-30H2,1-2H3,(H2,36,37,38)/b7-5+,13-11+,16-15+,20-18+/t31-/m1/s1. The molecule has 0 aromatic carbocycles. The van der Waals surface area contributed by atoms with E-state index in [1.807, 2.05) is 0 Å². The number of phosphoric acid groups is 1. The maximum absolute atomic E-state index is 12.2. The first-order valence-electron chi connectivity index (χ1n) is 15.9. The van der Waals surface area contributed by atoms with Gasteiger partial charge in [-0.05, 0) is 51.4 Å². The van der Waals surface area contributed by atoms with E-state index in [1.165, 1.54) is 32.1 Å². The van der Waals surface area contributed by atoms with Crippen molar-refractivity contribution in [2.45, 2.75) is 136 Å². The fourth-order valence-corrected chi connectivity index (χ4v) is 4.37. The Morgan fingerprint density at radius 1 is 0.643 bits per heavy atom. The van der Waals surface area contributed by atoms with Gasteiger partial charge in [0.2, 0.25) is 0 Å². The molecule has 0 aromatic rings. The van der Waals surface area contributed by atoms with E-state index in [9.17, 15) is 14.2 Å². The monoisotopic (exact) mass is 612 g/mol. The van der Waals surface area contributed by atoms with Crippen LogP contribution in [0.2, 0.25) is 0 Å². The van der Waals surface area contributed by atoms with Gasteiger partial charge in [-0.25, -0.2) is 4.57 Å². The first kappa shape index (κ1) is 40.0. The molecule has 1 atom stereocenters. The molecule has 0 radical (unpaired) electrons. The summed E-state index contributed by atoms with van der Waals surface area (Å²) in [6, 6.07) is 0. The lowest BCUT2D eigenvalue weighted by Crippen LogP contribution is -2.29. The van der Waals surface area contributed by atoms with E-state index < -0.39 is 32.5 Å². The molecule has 0 fully saturated rings. The van der Waals surface area contributed by atoms with Crippen molar-refractivity contribution >= 4 is 19.8 Å². The highest BCUT2D eigenvalue weighted by molar-refractivity contribution is 7.46. The van der Waals surface area contributed by atoms with Gasteiger partial charge in [0.05, 0.1) is 6.61 Å². The molecule has 0 heterocycles. The topological polar surface area (TPSA) is 119 Å². The van der Waals surface area contributed by atoms with Gasteiger partial charge in [-0.1, -0.05) is 114 Å². The summed E-state index contributed by atoms with van der Waals surface area (Å²) in [5.74, 6) is -0.942. The third-order valence-electron chi connectivity index (χ3n) is 6.36. The summed E-state index contributed by atoms with van der Waals surface area (Å²) in [4.78, 5) is 42.4. The number of hydrogen-bond donors (Lipinski definition) is 2. The van der Waals surface area contributed by atoms with Crippen molar-refractivity contribution in [1.82, 2.24) is 0 Å². The van der Waals surface area contributed by atoms with Crippen LogP contribution in [0.3, 0.4) is 0 Å². The van der Waals surface area contributed by atoms with E-state index in [-0.39, 0.29) is 19.4 Å². The zero-order chi connectivity index (χ0) is 31.2. The largest absolute Gasteiger partial charge is 0.469 e. The van der Waals surface area contributed by atoms with Crippen molar-refractivity contribution in [2.75, 3.05) is 13.2 Å². The van der Waals surface area contributed by atoms with Crippen molar-refractivity contribution in [3.8, 4) is 0 Å². The molecule has 242 valence electrons. The van der Waals surface area contributed by atoms with Crippen LogP contribution in [-0.2, 0) is 28.2 Å². The summed E-state index contributed by atoms with van der Waals surface area (Å²) in [6.07, 6.45) is 32.8. The Labute approximate surface area is 254 Å². The highest BCUT2D eigenvalue weighted by Crippen LogP contribution is 2.35. The Kier molecular flexibility index (Phi) is 27.7. The SMILES string of the molecule is CC/C=C/C/C=C/C/C=C/C/C=C/CCCCC(=O)OC[C@H](COP(=O)(O)O)OC(=O)CCCCCCCCCCC. The molecule has 9 heteroatoms. The Morgan fingerprint density at radius 3 is 1.71 bits per heavy atom. The molecule has 0 spiro atoms. The van der Waals surface area contributed by atoms with Gasteiger partial charge < -0.3 is 19.3 Å². The zero-order valence-electron chi connectivity index (χ0n) is 26.1. The summed E-state index contributed by atoms with van der Waals surface area (Å²) in [7, 11) is -4.75. The first-order chi connectivity index (χ1) is 20.3. The number of phosphoric ester groups is 1. The lowest BCUT2D eigenvalue weighted by Gasteiger charge is -2.18. The number of carbonyl (C=O) groups excluding carboxylic acids is 2. The van der Waals surface area contributed by atoms with Crippen LogP contribution in [0.25, 0.3) is 0 Å². The average Bonchev–Trinajstić information content (AvgIpc) is 2.95. The lowest BCUT2D eigenvalue weighted by molar-refractivity contribution is -0.161. The number of esters is 2. The predicted octanol–water partition coefficient (Wildman–Crippen LogP) is 8.84. The quantitative estimate of drug-likeness (QED) is 0.0389. The Hall–Kier alpha value is -1.99. The Bertz CT molecular complexity index is 828. The van der Waals surface area contributed by atoms with Crippen LogP contribution in [0.15, 0.2) is 48.6 Å². The number of hydrogen-bond acceptors (Lipinski definition) is 6. The van der Waals surface area contributed by atoms with E-state index >= 15 is 0 Å². The van der Waals surface area contributed by atoms with E-state index in [2.05, 4.69) is 67.0 Å². The van der Waals surface area contributed by atoms with Crippen LogP contribution in [0.4, 0.5) is 0 Å². The van der Waals surface area contributed by atoms with Gasteiger partial charge in [0.1, 0.15) is 6.61 Å². The highest BCUT2D eigenvalue weighted by Gasteiger charge is 2.22. The van der Waals surface area contributed by atoms with Crippen LogP contribution in [-0.4, -0.2) is 41.0 Å². The van der Waals surface area contributed by atoms with Gasteiger partial charge >= 0.3 is 19.8 Å². The maximum Gasteiger partial charge on any atom is 0.469 e. The third-order valence-corrected chi connectivity index (χ3v) is 6.85. The first-order valence-corrected chi connectivity index (χ1v) is 17.5. The van der Waals surface area contributed by atoms with E-state index in [1.54, 1.807) is 0 Å². The molecule has 0 saturated heterocycles. The molecular weight excluding hydrogens is 555 g/mol. The number of allylic oxidation sites excluding steroid dienone is 8. The third kappa shape index (κ3) is 31.0. The van der Waals surface area contributed by atoms with Crippen molar-refractivity contribution in [1.29, 1.82) is 0 Å². The van der Waals surface area contributed by atoms with Gasteiger partial charge in [-0.3, -0.25) is 14.1 Å². The molecule has 0 amide bonds. The molecule has 0 aliphatic rings. The molecule has 42 heavy (non-hydrogen) atoms. The zero-order valence-corrected chi connectivity index (χ0v) is 27.0. The summed E-state index contributed by atoms with van der Waals surface area (Å²) < 4.78 is 26.1. The lowest BCUT2D eigenvalue weighted by atomic mass is 10.1. The molecule has 8 nitrogen and oxygen atoms in total. The molecule has 0 aromatic heterocycles. The fraction of sp³-hybridized carbons (Fsp3) is 0.697. The molecular formula is C33H57O8P. The molecule has 0 saturated carbocycles. The van der Waals surface area contributed by atoms with E-state index in [4.69, 9.17) is 19.3 Å². The van der Waals surface area contributed by atoms with Gasteiger partial charge in [0.25, 0.3) is 0 Å². The summed E-state index contributed by atoms with van der Waals surface area (Å²) in [5, 5.41) is 0. The number of rotatable bonds is 28. The Balaban J connectivity index is 4.12. The minimum absolute atomic E-state index is 0.202. The van der Waals surface area contributed by atoms with Crippen LogP contribution in [0.5, 0.6) is 0 Å². The summed E-state index contributed by atoms with van der Waals surface area (Å²) in [6.45, 7) is 3.47. The van der Waals surface area contributed by atoms with Gasteiger partial charge in [-0.15, -0.1) is 0 Å². The predicted molar refractivity (Wildman–Crippen MR) is 170 cm³/mol. The number of carbonyl (C=O) groups is 2. The van der Waals surface area contributed by atoms with Gasteiger partial charge in [0.15, 0.2) is 6.10 Å². The molecule has 2 N–H and O–H groups in total. The second kappa shape index (κ2) is 29.1. The van der Waals surface area contributed by atoms with E-state index in [0.717, 1.165) is 57.8 Å². The molecule has 0 rings (SSSR count). The second-order valence-corrected chi connectivity index (χ2v) is 11.6. The van der Waals surface area contributed by atoms with Crippen LogP contribution in [0.1, 0.15) is 129 Å². The van der Waals surface area contributed by atoms with Crippen LogP contribution >= 0.6 is 7.82 Å². The van der Waals surface area contributed by atoms with Crippen molar-refractivity contribution < 1.29 is 37.9 Å². The number of unbranched alkanes of at least 4 members (excludes halogenated alkanes) is 10. The van der Waals surface area contributed by atoms with Gasteiger partial charge in [-0.2, -0.15) is 0 Å². The molecule has 0 aliphatic heterocycles. The second-order valence-electron chi connectivity index (χ2n) is 10.4. The minimum atomic E-state index is -4.75. The fourth-order valence-electron chi connectivity index (χ4n) is 4.01. The Morgan fingerprint density at radius 2 is 1.14 bits per heavy atom. The summed E-state index contributed by atoms with van der Waals surface area (Å²) in [5.41, 5.74) is 0. The molecule has 0 unspecified atom stereocenters. The smallest absolute Gasteiger partial charge is 0.462 e. The number of ether oxygens (including phenoxy) is 2. The van der Waals surface area contributed by atoms with E-state index in [0.29, 0.717) is 12.8 Å². The average molecular weight is 613 g/mol. The normalized spacial score (nSPS) is 13.1.